The quantitative estimate of drug-likeness (QED) is 0.407. The molecule has 0 spiro atoms. The second-order valence-electron chi connectivity index (χ2n) is 2.48. The van der Waals surface area contributed by atoms with Crippen LogP contribution in [0.25, 0.3) is 0 Å². The van der Waals surface area contributed by atoms with Gasteiger partial charge in [0, 0.05) is 0 Å². The molecule has 5 nitrogen and oxygen atoms in total. The maximum absolute atomic E-state index is 9.09. The summed E-state index contributed by atoms with van der Waals surface area (Å²) in [6.07, 6.45) is -4.08. The molecular weight excluding hydrogens is 152 g/mol. The van der Waals surface area contributed by atoms with Crippen LogP contribution in [0.4, 0.5) is 0 Å². The lowest BCUT2D eigenvalue weighted by molar-refractivity contribution is -0.291. The van der Waals surface area contributed by atoms with Crippen molar-refractivity contribution in [2.24, 2.45) is 0 Å². The Balaban J connectivity index is 2.47. The molecule has 1 fully saturated rings. The van der Waals surface area contributed by atoms with Crippen LogP contribution < -0.4 is 0 Å². The average Bonchev–Trinajstić information content (AvgIpc) is 1.94. The van der Waals surface area contributed by atoms with Crippen LogP contribution in [0, 0.1) is 0 Å². The predicted octanol–water partition coefficient (Wildman–Crippen LogP) is -1.58. The molecule has 0 amide bonds. The summed E-state index contributed by atoms with van der Waals surface area (Å²) in [4.78, 5) is 0. The summed E-state index contributed by atoms with van der Waals surface area (Å²) in [5.74, 6) is 0. The van der Waals surface area contributed by atoms with Crippen LogP contribution in [0.1, 0.15) is 6.92 Å². The Hall–Kier alpha value is -0.200. The molecule has 1 saturated heterocycles. The van der Waals surface area contributed by atoms with Gasteiger partial charge in [-0.15, -0.1) is 0 Å². The molecule has 0 aromatic rings. The van der Waals surface area contributed by atoms with Gasteiger partial charge in [-0.1, -0.05) is 0 Å². The lowest BCUT2D eigenvalue weighted by Crippen LogP contribution is -2.48. The van der Waals surface area contributed by atoms with Crippen LogP contribution in [0.2, 0.25) is 0 Å². The number of ether oxygens (including phenoxy) is 2. The van der Waals surface area contributed by atoms with E-state index in [1.807, 2.05) is 0 Å². The highest BCUT2D eigenvalue weighted by Crippen LogP contribution is 2.14. The van der Waals surface area contributed by atoms with E-state index >= 15 is 0 Å². The molecule has 0 aromatic heterocycles. The van der Waals surface area contributed by atoms with Gasteiger partial charge < -0.3 is 24.8 Å². The van der Waals surface area contributed by atoms with Gasteiger partial charge in [0.2, 0.25) is 0 Å². The Morgan fingerprint density at radius 3 is 2.55 bits per heavy atom. The standard InChI is InChI=1S/C6H12O5/c1-3-10-2-4(7)5(11-3)6(8)9/h3-9H,2H2,1H3/t3-,4-,5-/m1/s1. The van der Waals surface area contributed by atoms with Gasteiger partial charge in [0.25, 0.3) is 0 Å². The summed E-state index contributed by atoms with van der Waals surface area (Å²) in [5, 5.41) is 26.4. The van der Waals surface area contributed by atoms with Gasteiger partial charge in [0.05, 0.1) is 6.61 Å². The van der Waals surface area contributed by atoms with E-state index in [-0.39, 0.29) is 6.61 Å². The Bertz CT molecular complexity index is 126. The summed E-state index contributed by atoms with van der Waals surface area (Å²) < 4.78 is 9.76. The molecule has 0 unspecified atom stereocenters. The van der Waals surface area contributed by atoms with Gasteiger partial charge in [-0.3, -0.25) is 0 Å². The van der Waals surface area contributed by atoms with Crippen molar-refractivity contribution < 1.29 is 24.8 Å². The van der Waals surface area contributed by atoms with Crippen LogP contribution in [0.15, 0.2) is 0 Å². The Kier molecular flexibility index (Phi) is 2.80. The molecule has 0 aliphatic carbocycles. The van der Waals surface area contributed by atoms with Gasteiger partial charge in [0.15, 0.2) is 12.6 Å². The van der Waals surface area contributed by atoms with Crippen LogP contribution >= 0.6 is 0 Å². The van der Waals surface area contributed by atoms with Gasteiger partial charge >= 0.3 is 0 Å². The molecule has 11 heavy (non-hydrogen) atoms. The Morgan fingerprint density at radius 1 is 1.45 bits per heavy atom. The third-order valence-electron chi connectivity index (χ3n) is 1.52. The smallest absolute Gasteiger partial charge is 0.181 e. The summed E-state index contributed by atoms with van der Waals surface area (Å²) in [6.45, 7) is 1.70. The molecular formula is C6H12O5. The number of rotatable bonds is 1. The largest absolute Gasteiger partial charge is 0.388 e. The molecule has 3 N–H and O–H groups in total. The Morgan fingerprint density at radius 2 is 2.09 bits per heavy atom. The zero-order valence-electron chi connectivity index (χ0n) is 6.17. The van der Waals surface area contributed by atoms with Gasteiger partial charge in [-0.2, -0.15) is 0 Å². The number of hydrogen-bond acceptors (Lipinski definition) is 5. The minimum absolute atomic E-state index is 0.0729. The highest BCUT2D eigenvalue weighted by atomic mass is 16.7. The average molecular weight is 164 g/mol. The molecule has 1 aliphatic rings. The van der Waals surface area contributed by atoms with Crippen LogP contribution in [-0.4, -0.2) is 46.7 Å². The summed E-state index contributed by atoms with van der Waals surface area (Å²) >= 11 is 0. The molecule has 1 aliphatic heterocycles. The van der Waals surface area contributed by atoms with E-state index in [2.05, 4.69) is 0 Å². The third-order valence-corrected chi connectivity index (χ3v) is 1.52. The van der Waals surface area contributed by atoms with Crippen molar-refractivity contribution in [2.45, 2.75) is 31.7 Å². The second-order valence-corrected chi connectivity index (χ2v) is 2.48. The fraction of sp³-hybridized carbons (Fsp3) is 1.00. The maximum atomic E-state index is 9.09. The lowest BCUT2D eigenvalue weighted by atomic mass is 10.2. The first kappa shape index (κ1) is 8.89. The van der Waals surface area contributed by atoms with Crippen LogP contribution in [0.3, 0.4) is 0 Å². The first-order valence-corrected chi connectivity index (χ1v) is 3.42. The van der Waals surface area contributed by atoms with E-state index in [9.17, 15) is 0 Å². The highest BCUT2D eigenvalue weighted by molar-refractivity contribution is 4.73. The van der Waals surface area contributed by atoms with E-state index in [1.165, 1.54) is 0 Å². The SMILES string of the molecule is C[C@@H]1OC[C@@H](O)[C@H](C(O)O)O1. The minimum atomic E-state index is -1.66. The summed E-state index contributed by atoms with van der Waals surface area (Å²) in [7, 11) is 0. The van der Waals surface area contributed by atoms with Crippen molar-refractivity contribution in [3.05, 3.63) is 0 Å². The fourth-order valence-corrected chi connectivity index (χ4v) is 0.949. The van der Waals surface area contributed by atoms with Crippen molar-refractivity contribution >= 4 is 0 Å². The third kappa shape index (κ3) is 2.11. The maximum Gasteiger partial charge on any atom is 0.181 e. The summed E-state index contributed by atoms with van der Waals surface area (Å²) in [6, 6.07) is 0. The van der Waals surface area contributed by atoms with E-state index in [4.69, 9.17) is 24.8 Å². The van der Waals surface area contributed by atoms with Crippen molar-refractivity contribution in [3.8, 4) is 0 Å². The minimum Gasteiger partial charge on any atom is -0.388 e. The first-order chi connectivity index (χ1) is 5.11. The monoisotopic (exact) mass is 164 g/mol. The van der Waals surface area contributed by atoms with Crippen molar-refractivity contribution in [2.75, 3.05) is 6.61 Å². The molecule has 5 heteroatoms. The van der Waals surface area contributed by atoms with Gasteiger partial charge in [-0.05, 0) is 6.92 Å². The first-order valence-electron chi connectivity index (χ1n) is 3.42. The predicted molar refractivity (Wildman–Crippen MR) is 34.5 cm³/mol. The molecule has 0 bridgehead atoms. The van der Waals surface area contributed by atoms with Gasteiger partial charge in [0.1, 0.15) is 12.2 Å². The van der Waals surface area contributed by atoms with E-state index in [1.54, 1.807) is 6.92 Å². The van der Waals surface area contributed by atoms with E-state index in [0.29, 0.717) is 0 Å². The number of aliphatic hydroxyl groups excluding tert-OH is 2. The normalized spacial score (nSPS) is 39.5. The molecule has 0 radical (unpaired) electrons. The fourth-order valence-electron chi connectivity index (χ4n) is 0.949. The van der Waals surface area contributed by atoms with E-state index < -0.39 is 24.8 Å². The molecule has 1 heterocycles. The van der Waals surface area contributed by atoms with Crippen molar-refractivity contribution in [1.82, 2.24) is 0 Å². The van der Waals surface area contributed by atoms with Gasteiger partial charge in [-0.25, -0.2) is 0 Å². The molecule has 0 aromatic carbocycles. The molecule has 1 rings (SSSR count). The summed E-state index contributed by atoms with van der Waals surface area (Å²) in [5.41, 5.74) is 0. The van der Waals surface area contributed by atoms with E-state index in [0.717, 1.165) is 0 Å². The highest BCUT2D eigenvalue weighted by Gasteiger charge is 2.32. The molecule has 3 atom stereocenters. The lowest BCUT2D eigenvalue weighted by Gasteiger charge is -2.32. The number of aliphatic hydroxyl groups is 3. The number of hydrogen-bond donors (Lipinski definition) is 3. The molecule has 0 saturated carbocycles. The molecule has 66 valence electrons. The van der Waals surface area contributed by atoms with Crippen molar-refractivity contribution in [3.63, 3.8) is 0 Å². The zero-order valence-corrected chi connectivity index (χ0v) is 6.17. The second kappa shape index (κ2) is 3.46. The van der Waals surface area contributed by atoms with Crippen molar-refractivity contribution in [1.29, 1.82) is 0 Å². The Labute approximate surface area is 64.2 Å². The van der Waals surface area contributed by atoms with Crippen LogP contribution in [0.5, 0.6) is 0 Å². The topological polar surface area (TPSA) is 79.2 Å². The van der Waals surface area contributed by atoms with Crippen LogP contribution in [-0.2, 0) is 9.47 Å². The zero-order chi connectivity index (χ0) is 8.43.